The number of hydrogen-bond donors (Lipinski definition) is 1. The molecule has 2 aromatic rings. The van der Waals surface area contributed by atoms with Crippen molar-refractivity contribution in [3.05, 3.63) is 24.0 Å². The van der Waals surface area contributed by atoms with Gasteiger partial charge >= 0.3 is 0 Å². The van der Waals surface area contributed by atoms with E-state index in [1.54, 1.807) is 7.11 Å². The number of methoxy groups -OCH3 is 1. The van der Waals surface area contributed by atoms with E-state index in [1.165, 1.54) is 30.6 Å². The van der Waals surface area contributed by atoms with Crippen LogP contribution in [0.3, 0.4) is 0 Å². The first-order valence-corrected chi connectivity index (χ1v) is 8.44. The van der Waals surface area contributed by atoms with Crippen molar-refractivity contribution in [2.45, 2.75) is 45.6 Å². The summed E-state index contributed by atoms with van der Waals surface area (Å²) in [5, 5.41) is 3.51. The predicted octanol–water partition coefficient (Wildman–Crippen LogP) is 3.56. The van der Waals surface area contributed by atoms with Gasteiger partial charge in [-0.3, -0.25) is 0 Å². The smallest absolute Gasteiger partial charge is 0.121 e. The number of ether oxygens (including phenoxy) is 1. The van der Waals surface area contributed by atoms with Gasteiger partial charge in [0.2, 0.25) is 0 Å². The molecule has 120 valence electrons. The van der Waals surface area contributed by atoms with Crippen molar-refractivity contribution in [2.24, 2.45) is 5.92 Å². The van der Waals surface area contributed by atoms with E-state index in [2.05, 4.69) is 35.9 Å². The van der Waals surface area contributed by atoms with Crippen LogP contribution in [0, 0.1) is 5.92 Å². The van der Waals surface area contributed by atoms with Gasteiger partial charge in [-0.2, -0.15) is 0 Å². The molecule has 1 fully saturated rings. The second-order valence-electron chi connectivity index (χ2n) is 6.70. The summed E-state index contributed by atoms with van der Waals surface area (Å²) < 4.78 is 7.79. The zero-order valence-corrected chi connectivity index (χ0v) is 13.9. The molecule has 1 aliphatic heterocycles. The molecule has 1 N–H and O–H groups in total. The molecular weight excluding hydrogens is 274 g/mol. The average Bonchev–Trinajstić information content (AvgIpc) is 2.91. The van der Waals surface area contributed by atoms with Gasteiger partial charge in [-0.15, -0.1) is 0 Å². The Morgan fingerprint density at radius 3 is 2.95 bits per heavy atom. The van der Waals surface area contributed by atoms with Gasteiger partial charge in [-0.05, 0) is 43.9 Å². The molecule has 0 amide bonds. The third-order valence-corrected chi connectivity index (χ3v) is 4.58. The number of nitrogens with zero attached hydrogens (tertiary/aromatic N) is 2. The van der Waals surface area contributed by atoms with Crippen LogP contribution < -0.4 is 10.1 Å². The molecule has 1 atom stereocenters. The van der Waals surface area contributed by atoms with E-state index in [1.807, 2.05) is 6.07 Å². The largest absolute Gasteiger partial charge is 0.497 e. The van der Waals surface area contributed by atoms with Crippen LogP contribution in [-0.4, -0.2) is 29.8 Å². The first-order valence-electron chi connectivity index (χ1n) is 8.44. The Morgan fingerprint density at radius 2 is 2.27 bits per heavy atom. The Bertz CT molecular complexity index is 627. The minimum absolute atomic E-state index is 0.527. The van der Waals surface area contributed by atoms with E-state index in [-0.39, 0.29) is 0 Å². The first-order chi connectivity index (χ1) is 10.7. The minimum atomic E-state index is 0.527. The lowest BCUT2D eigenvalue weighted by Gasteiger charge is -2.23. The fraction of sp³-hybridized carbons (Fsp3) is 0.611. The van der Waals surface area contributed by atoms with Gasteiger partial charge in [0.1, 0.15) is 11.6 Å². The summed E-state index contributed by atoms with van der Waals surface area (Å²) in [5.41, 5.74) is 2.30. The molecule has 1 unspecified atom stereocenters. The second kappa shape index (κ2) is 6.69. The molecule has 1 aromatic heterocycles. The monoisotopic (exact) mass is 301 g/mol. The topological polar surface area (TPSA) is 39.1 Å². The summed E-state index contributed by atoms with van der Waals surface area (Å²) in [4.78, 5) is 4.97. The Labute approximate surface area is 132 Å². The van der Waals surface area contributed by atoms with Crippen LogP contribution >= 0.6 is 0 Å². The van der Waals surface area contributed by atoms with Crippen molar-refractivity contribution in [2.75, 3.05) is 20.2 Å². The lowest BCUT2D eigenvalue weighted by molar-refractivity contribution is 0.415. The normalized spacial score (nSPS) is 19.0. The maximum atomic E-state index is 5.35. The molecule has 0 radical (unpaired) electrons. The standard InChI is InChI=1S/C18H27N3O/c1-13(2)8-10-21-17-7-6-15(22-3)11-16(17)20-18(21)14-5-4-9-19-12-14/h6-7,11,13-14,19H,4-5,8-10,12H2,1-3H3. The van der Waals surface area contributed by atoms with Crippen LogP contribution in [0.15, 0.2) is 18.2 Å². The SMILES string of the molecule is COc1ccc2c(c1)nc(C1CCCNC1)n2CCC(C)C. The maximum Gasteiger partial charge on any atom is 0.121 e. The van der Waals surface area contributed by atoms with E-state index >= 15 is 0 Å². The van der Waals surface area contributed by atoms with E-state index in [0.717, 1.165) is 30.9 Å². The number of piperidine rings is 1. The third-order valence-electron chi connectivity index (χ3n) is 4.58. The lowest BCUT2D eigenvalue weighted by Crippen LogP contribution is -2.30. The average molecular weight is 301 g/mol. The second-order valence-corrected chi connectivity index (χ2v) is 6.70. The summed E-state index contributed by atoms with van der Waals surface area (Å²) >= 11 is 0. The molecule has 4 heteroatoms. The molecule has 22 heavy (non-hydrogen) atoms. The highest BCUT2D eigenvalue weighted by molar-refractivity contribution is 5.78. The number of fused-ring (bicyclic) bond motifs is 1. The molecule has 1 saturated heterocycles. The van der Waals surface area contributed by atoms with Gasteiger partial charge < -0.3 is 14.6 Å². The molecule has 0 aliphatic carbocycles. The predicted molar refractivity (Wildman–Crippen MR) is 90.6 cm³/mol. The van der Waals surface area contributed by atoms with E-state index in [4.69, 9.17) is 9.72 Å². The summed E-state index contributed by atoms with van der Waals surface area (Å²) in [7, 11) is 1.71. The van der Waals surface area contributed by atoms with Gasteiger partial charge in [-0.1, -0.05) is 13.8 Å². The molecule has 2 heterocycles. The van der Waals surface area contributed by atoms with Crippen molar-refractivity contribution < 1.29 is 4.74 Å². The first kappa shape index (κ1) is 15.3. The highest BCUT2D eigenvalue weighted by Crippen LogP contribution is 2.29. The van der Waals surface area contributed by atoms with Gasteiger partial charge in [-0.25, -0.2) is 4.98 Å². The minimum Gasteiger partial charge on any atom is -0.497 e. The Kier molecular flexibility index (Phi) is 4.67. The van der Waals surface area contributed by atoms with Crippen LogP contribution in [0.5, 0.6) is 5.75 Å². The van der Waals surface area contributed by atoms with Crippen LogP contribution in [0.25, 0.3) is 11.0 Å². The zero-order chi connectivity index (χ0) is 15.5. The van der Waals surface area contributed by atoms with Crippen LogP contribution in [-0.2, 0) is 6.54 Å². The van der Waals surface area contributed by atoms with Crippen molar-refractivity contribution in [1.82, 2.24) is 14.9 Å². The quantitative estimate of drug-likeness (QED) is 0.918. The number of aryl methyl sites for hydroxylation is 1. The summed E-state index contributed by atoms with van der Waals surface area (Å²) in [6, 6.07) is 6.25. The van der Waals surface area contributed by atoms with Crippen LogP contribution in [0.2, 0.25) is 0 Å². The molecule has 3 rings (SSSR count). The van der Waals surface area contributed by atoms with Gasteiger partial charge in [0.15, 0.2) is 0 Å². The van der Waals surface area contributed by atoms with Crippen LogP contribution in [0.4, 0.5) is 0 Å². The Morgan fingerprint density at radius 1 is 1.41 bits per heavy atom. The summed E-state index contributed by atoms with van der Waals surface area (Å²) in [6.45, 7) is 7.79. The van der Waals surface area contributed by atoms with Gasteiger partial charge in [0.25, 0.3) is 0 Å². The number of rotatable bonds is 5. The Balaban J connectivity index is 2.00. The fourth-order valence-electron chi connectivity index (χ4n) is 3.26. The Hall–Kier alpha value is -1.55. The molecular formula is C18H27N3O. The lowest BCUT2D eigenvalue weighted by atomic mass is 9.98. The van der Waals surface area contributed by atoms with Crippen molar-refractivity contribution in [3.8, 4) is 5.75 Å². The highest BCUT2D eigenvalue weighted by atomic mass is 16.5. The van der Waals surface area contributed by atoms with E-state index < -0.39 is 0 Å². The molecule has 4 nitrogen and oxygen atoms in total. The van der Waals surface area contributed by atoms with Crippen LogP contribution in [0.1, 0.15) is 44.9 Å². The number of benzene rings is 1. The molecule has 0 spiro atoms. The van der Waals surface area contributed by atoms with Crippen molar-refractivity contribution in [3.63, 3.8) is 0 Å². The number of aromatic nitrogens is 2. The van der Waals surface area contributed by atoms with Crippen molar-refractivity contribution >= 4 is 11.0 Å². The third kappa shape index (κ3) is 3.12. The summed E-state index contributed by atoms with van der Waals surface area (Å²) in [6.07, 6.45) is 3.65. The summed E-state index contributed by atoms with van der Waals surface area (Å²) in [5.74, 6) is 3.36. The number of nitrogens with one attached hydrogen (secondary N) is 1. The van der Waals surface area contributed by atoms with Crippen molar-refractivity contribution in [1.29, 1.82) is 0 Å². The molecule has 1 aromatic carbocycles. The number of imidazole rings is 1. The van der Waals surface area contributed by atoms with Gasteiger partial charge in [0, 0.05) is 25.1 Å². The van der Waals surface area contributed by atoms with E-state index in [0.29, 0.717) is 11.8 Å². The zero-order valence-electron chi connectivity index (χ0n) is 13.9. The van der Waals surface area contributed by atoms with Gasteiger partial charge in [0.05, 0.1) is 18.1 Å². The maximum absolute atomic E-state index is 5.35. The molecule has 1 aliphatic rings. The fourth-order valence-corrected chi connectivity index (χ4v) is 3.26. The number of hydrogen-bond acceptors (Lipinski definition) is 3. The highest BCUT2D eigenvalue weighted by Gasteiger charge is 2.22. The molecule has 0 bridgehead atoms. The van der Waals surface area contributed by atoms with E-state index in [9.17, 15) is 0 Å². The molecule has 0 saturated carbocycles.